The van der Waals surface area contributed by atoms with Gasteiger partial charge < -0.3 is 20.2 Å². The van der Waals surface area contributed by atoms with Crippen LogP contribution in [0.1, 0.15) is 45.7 Å². The van der Waals surface area contributed by atoms with E-state index in [1.165, 1.54) is 18.7 Å². The Morgan fingerprint density at radius 2 is 1.70 bits per heavy atom. The van der Waals surface area contributed by atoms with Crippen molar-refractivity contribution in [2.75, 3.05) is 13.1 Å². The van der Waals surface area contributed by atoms with Crippen LogP contribution in [-0.2, 0) is 15.7 Å². The Morgan fingerprint density at radius 3 is 2.18 bits per heavy atom. The van der Waals surface area contributed by atoms with Crippen LogP contribution in [0.2, 0.25) is 0 Å². The van der Waals surface area contributed by atoms with Crippen LogP contribution in [0, 0.1) is 23.6 Å². The molecule has 1 unspecified atom stereocenters. The molecule has 11 heteroatoms. The average Bonchev–Trinajstić information content (AvgIpc) is 3.15. The Bertz CT molecular complexity index is 973. The van der Waals surface area contributed by atoms with Crippen LogP contribution < -0.4 is 5.32 Å². The number of rotatable bonds is 4. The summed E-state index contributed by atoms with van der Waals surface area (Å²) < 4.78 is 59.2. The zero-order chi connectivity index (χ0) is 24.9. The minimum Gasteiger partial charge on any atom is -0.444 e. The Labute approximate surface area is 188 Å². The van der Waals surface area contributed by atoms with Crippen molar-refractivity contribution < 1.29 is 37.1 Å². The van der Waals surface area contributed by atoms with Crippen LogP contribution in [-0.4, -0.2) is 52.0 Å². The molecule has 2 N–H and O–H groups in total. The van der Waals surface area contributed by atoms with E-state index in [2.05, 4.69) is 10.5 Å². The average molecular weight is 473 g/mol. The summed E-state index contributed by atoms with van der Waals surface area (Å²) in [5.41, 5.74) is -4.62. The summed E-state index contributed by atoms with van der Waals surface area (Å²) in [7, 11) is 0. The van der Waals surface area contributed by atoms with Gasteiger partial charge in [-0.05, 0) is 58.6 Å². The van der Waals surface area contributed by atoms with Gasteiger partial charge in [0.05, 0.1) is 11.1 Å². The lowest BCUT2D eigenvalue weighted by Gasteiger charge is -2.29. The fraction of sp³-hybridized carbons (Fsp3) is 0.591. The SMILES string of the molecule is CC(C)(C)OC(=O)N1C[C@@H]2C(C(=O)NC(C)(C)/C(=N/O)c3cccc(C(F)(F)F)c3F)[C@@H]2C1. The Balaban J connectivity index is 1.68. The van der Waals surface area contributed by atoms with Crippen molar-refractivity contribution in [3.63, 3.8) is 0 Å². The molecule has 3 atom stereocenters. The van der Waals surface area contributed by atoms with Crippen LogP contribution in [0.3, 0.4) is 0 Å². The minimum atomic E-state index is -4.93. The number of nitrogens with zero attached hydrogens (tertiary/aromatic N) is 2. The third-order valence-corrected chi connectivity index (χ3v) is 5.84. The summed E-state index contributed by atoms with van der Waals surface area (Å²) in [6.07, 6.45) is -5.39. The van der Waals surface area contributed by atoms with E-state index in [4.69, 9.17) is 4.74 Å². The van der Waals surface area contributed by atoms with Crippen molar-refractivity contribution in [2.45, 2.75) is 51.9 Å². The van der Waals surface area contributed by atoms with Crippen LogP contribution in [0.15, 0.2) is 23.4 Å². The molecule has 1 saturated carbocycles. The Hall–Kier alpha value is -2.85. The number of ether oxygens (including phenoxy) is 1. The third kappa shape index (κ3) is 5.06. The van der Waals surface area contributed by atoms with E-state index in [0.29, 0.717) is 19.2 Å². The first kappa shape index (κ1) is 24.8. The van der Waals surface area contributed by atoms with Crippen LogP contribution in [0.4, 0.5) is 22.4 Å². The molecule has 1 aliphatic heterocycles. The van der Waals surface area contributed by atoms with Gasteiger partial charge in [0.2, 0.25) is 5.91 Å². The number of hydrogen-bond acceptors (Lipinski definition) is 5. The fourth-order valence-corrected chi connectivity index (χ4v) is 4.29. The fourth-order valence-electron chi connectivity index (χ4n) is 4.29. The number of oxime groups is 1. The van der Waals surface area contributed by atoms with E-state index >= 15 is 0 Å². The molecule has 2 amide bonds. The molecule has 1 aliphatic carbocycles. The highest BCUT2D eigenvalue weighted by Gasteiger charge is 2.61. The van der Waals surface area contributed by atoms with Crippen molar-refractivity contribution in [3.8, 4) is 0 Å². The van der Waals surface area contributed by atoms with Gasteiger partial charge in [-0.25, -0.2) is 9.18 Å². The quantitative estimate of drug-likeness (QED) is 0.299. The Kier molecular flexibility index (Phi) is 6.14. The third-order valence-electron chi connectivity index (χ3n) is 5.84. The van der Waals surface area contributed by atoms with Crippen molar-refractivity contribution in [1.29, 1.82) is 0 Å². The van der Waals surface area contributed by atoms with Gasteiger partial charge in [0, 0.05) is 24.6 Å². The van der Waals surface area contributed by atoms with Gasteiger partial charge in [0.15, 0.2) is 0 Å². The molecule has 1 aromatic rings. The lowest BCUT2D eigenvalue weighted by molar-refractivity contribution is -0.140. The molecule has 0 radical (unpaired) electrons. The molecular formula is C22H27F4N3O4. The second kappa shape index (κ2) is 8.18. The predicted molar refractivity (Wildman–Crippen MR) is 110 cm³/mol. The van der Waals surface area contributed by atoms with Crippen LogP contribution in [0.5, 0.6) is 0 Å². The van der Waals surface area contributed by atoms with E-state index in [1.54, 1.807) is 20.8 Å². The first-order valence-electron chi connectivity index (χ1n) is 10.5. The van der Waals surface area contributed by atoms with E-state index in [0.717, 1.165) is 12.1 Å². The molecule has 0 bridgehead atoms. The number of halogens is 4. The van der Waals surface area contributed by atoms with Crippen LogP contribution >= 0.6 is 0 Å². The number of fused-ring (bicyclic) bond motifs is 1. The number of carbonyl (C=O) groups is 2. The highest BCUT2D eigenvalue weighted by atomic mass is 19.4. The number of nitrogens with one attached hydrogen (secondary N) is 1. The summed E-state index contributed by atoms with van der Waals surface area (Å²) in [6.45, 7) is 8.78. The molecule has 1 aromatic carbocycles. The van der Waals surface area contributed by atoms with Crippen LogP contribution in [0.25, 0.3) is 0 Å². The summed E-state index contributed by atoms with van der Waals surface area (Å²) in [5, 5.41) is 15.1. The van der Waals surface area contributed by atoms with Crippen molar-refractivity contribution >= 4 is 17.7 Å². The minimum absolute atomic E-state index is 0.0758. The summed E-state index contributed by atoms with van der Waals surface area (Å²) >= 11 is 0. The molecule has 0 aromatic heterocycles. The van der Waals surface area contributed by atoms with Crippen molar-refractivity contribution in [3.05, 3.63) is 35.1 Å². The zero-order valence-electron chi connectivity index (χ0n) is 19.0. The summed E-state index contributed by atoms with van der Waals surface area (Å²) in [4.78, 5) is 26.6. The van der Waals surface area contributed by atoms with E-state index < -0.39 is 57.9 Å². The number of carbonyl (C=O) groups excluding carboxylic acids is 2. The van der Waals surface area contributed by atoms with E-state index in [-0.39, 0.29) is 11.8 Å². The van der Waals surface area contributed by atoms with Gasteiger partial charge in [-0.2, -0.15) is 13.2 Å². The summed E-state index contributed by atoms with van der Waals surface area (Å²) in [5.74, 6) is -2.56. The predicted octanol–water partition coefficient (Wildman–Crippen LogP) is 4.03. The van der Waals surface area contributed by atoms with Gasteiger partial charge in [-0.1, -0.05) is 11.2 Å². The van der Waals surface area contributed by atoms with Gasteiger partial charge >= 0.3 is 12.3 Å². The Morgan fingerprint density at radius 1 is 1.12 bits per heavy atom. The maximum Gasteiger partial charge on any atom is 0.419 e. The second-order valence-corrected chi connectivity index (χ2v) is 9.97. The number of alkyl halides is 3. The zero-order valence-corrected chi connectivity index (χ0v) is 19.0. The lowest BCUT2D eigenvalue weighted by atomic mass is 9.90. The van der Waals surface area contributed by atoms with Gasteiger partial charge in [0.1, 0.15) is 17.1 Å². The highest BCUT2D eigenvalue weighted by molar-refractivity contribution is 6.08. The van der Waals surface area contributed by atoms with Crippen molar-refractivity contribution in [1.82, 2.24) is 10.2 Å². The molecule has 182 valence electrons. The van der Waals surface area contributed by atoms with E-state index in [1.807, 2.05) is 0 Å². The molecule has 3 rings (SSSR count). The van der Waals surface area contributed by atoms with Crippen molar-refractivity contribution in [2.24, 2.45) is 22.9 Å². The molecule has 33 heavy (non-hydrogen) atoms. The smallest absolute Gasteiger partial charge is 0.419 e. The molecule has 2 fully saturated rings. The second-order valence-electron chi connectivity index (χ2n) is 9.97. The number of benzene rings is 1. The van der Waals surface area contributed by atoms with Gasteiger partial charge in [-0.3, -0.25) is 4.79 Å². The number of likely N-dealkylation sites (tertiary alicyclic amines) is 1. The lowest BCUT2D eigenvalue weighted by Crippen LogP contribution is -2.51. The topological polar surface area (TPSA) is 91.2 Å². The van der Waals surface area contributed by atoms with E-state index in [9.17, 15) is 32.4 Å². The standard InChI is InChI=1S/C22H27F4N3O4/c1-20(2,3)33-19(31)29-9-12-13(10-29)15(12)18(30)27-21(4,5)17(28-32)11-7-6-8-14(16(11)23)22(24,25)26/h6-8,12-13,15,32H,9-10H2,1-5H3,(H,27,30)/b28-17+/t12-,13+,15?. The highest BCUT2D eigenvalue weighted by Crippen LogP contribution is 2.52. The van der Waals surface area contributed by atoms with Gasteiger partial charge in [0.25, 0.3) is 0 Å². The molecule has 1 heterocycles. The largest absolute Gasteiger partial charge is 0.444 e. The summed E-state index contributed by atoms with van der Waals surface area (Å²) in [6, 6.07) is 2.64. The first-order chi connectivity index (χ1) is 15.1. The van der Waals surface area contributed by atoms with Gasteiger partial charge in [-0.15, -0.1) is 0 Å². The monoisotopic (exact) mass is 473 g/mol. The number of amides is 2. The maximum absolute atomic E-state index is 14.6. The molecule has 7 nitrogen and oxygen atoms in total. The molecule has 1 saturated heterocycles. The molecule has 2 aliphatic rings. The number of hydrogen-bond donors (Lipinski definition) is 2. The normalized spacial score (nSPS) is 23.2. The number of piperidine rings is 1. The molecular weight excluding hydrogens is 446 g/mol. The first-order valence-corrected chi connectivity index (χ1v) is 10.5. The maximum atomic E-state index is 14.6. The molecule has 0 spiro atoms.